The van der Waals surface area contributed by atoms with Crippen molar-refractivity contribution in [1.82, 2.24) is 5.32 Å². The second-order valence-corrected chi connectivity index (χ2v) is 6.16. The molecule has 0 aromatic rings. The Kier molecular flexibility index (Phi) is 5.09. The van der Waals surface area contributed by atoms with Crippen molar-refractivity contribution in [3.05, 3.63) is 0 Å². The maximum absolute atomic E-state index is 3.75. The van der Waals surface area contributed by atoms with Crippen LogP contribution in [0.3, 0.4) is 0 Å². The van der Waals surface area contributed by atoms with Crippen LogP contribution in [0.1, 0.15) is 39.0 Å². The van der Waals surface area contributed by atoms with Gasteiger partial charge in [0.05, 0.1) is 0 Å². The summed E-state index contributed by atoms with van der Waals surface area (Å²) in [5, 5.41) is 3.75. The monoisotopic (exact) mass is 235 g/mol. The first-order valence-electron chi connectivity index (χ1n) is 5.60. The van der Waals surface area contributed by atoms with Gasteiger partial charge in [-0.05, 0) is 42.6 Å². The molecule has 1 saturated carbocycles. The van der Waals surface area contributed by atoms with Gasteiger partial charge >= 0.3 is 0 Å². The lowest BCUT2D eigenvalue weighted by Crippen LogP contribution is -2.43. The third-order valence-electron chi connectivity index (χ3n) is 3.60. The minimum atomic E-state index is 0. The Hall–Kier alpha value is 0.600. The van der Waals surface area contributed by atoms with E-state index in [1.165, 1.54) is 50.2 Å². The SMILES string of the molecule is CC1(CNC2CCSCC2)CCC1.Cl. The molecule has 2 aliphatic rings. The van der Waals surface area contributed by atoms with E-state index in [0.29, 0.717) is 5.41 Å². The van der Waals surface area contributed by atoms with Gasteiger partial charge in [0.15, 0.2) is 0 Å². The summed E-state index contributed by atoms with van der Waals surface area (Å²) in [6.07, 6.45) is 7.13. The predicted octanol–water partition coefficient (Wildman–Crippen LogP) is 3.08. The van der Waals surface area contributed by atoms with Gasteiger partial charge in [0.25, 0.3) is 0 Å². The van der Waals surface area contributed by atoms with E-state index >= 15 is 0 Å². The van der Waals surface area contributed by atoms with E-state index < -0.39 is 0 Å². The lowest BCUT2D eigenvalue weighted by atomic mass is 9.70. The first kappa shape index (κ1) is 12.7. The highest BCUT2D eigenvalue weighted by Crippen LogP contribution is 2.39. The molecule has 1 nitrogen and oxygen atoms in total. The summed E-state index contributed by atoms with van der Waals surface area (Å²) in [5.74, 6) is 2.74. The quantitative estimate of drug-likeness (QED) is 0.807. The normalized spacial score (nSPS) is 26.4. The average Bonchev–Trinajstić information content (AvgIpc) is 2.13. The van der Waals surface area contributed by atoms with Crippen LogP contribution in [0.2, 0.25) is 0 Å². The second kappa shape index (κ2) is 5.62. The predicted molar refractivity (Wildman–Crippen MR) is 67.6 cm³/mol. The van der Waals surface area contributed by atoms with Gasteiger partial charge in [-0.2, -0.15) is 11.8 Å². The van der Waals surface area contributed by atoms with E-state index in [1.54, 1.807) is 0 Å². The molecule has 0 unspecified atom stereocenters. The van der Waals surface area contributed by atoms with Crippen molar-refractivity contribution in [3.63, 3.8) is 0 Å². The van der Waals surface area contributed by atoms with Crippen molar-refractivity contribution >= 4 is 24.2 Å². The first-order valence-corrected chi connectivity index (χ1v) is 6.75. The van der Waals surface area contributed by atoms with E-state index in [1.807, 2.05) is 0 Å². The van der Waals surface area contributed by atoms with Crippen LogP contribution < -0.4 is 5.32 Å². The topological polar surface area (TPSA) is 12.0 Å². The molecule has 3 heteroatoms. The van der Waals surface area contributed by atoms with Gasteiger partial charge in [-0.15, -0.1) is 12.4 Å². The molecule has 0 radical (unpaired) electrons. The Bertz CT molecular complexity index is 165. The summed E-state index contributed by atoms with van der Waals surface area (Å²) in [4.78, 5) is 0. The number of hydrogen-bond donors (Lipinski definition) is 1. The van der Waals surface area contributed by atoms with Gasteiger partial charge in [0.2, 0.25) is 0 Å². The van der Waals surface area contributed by atoms with Gasteiger partial charge in [0, 0.05) is 12.6 Å². The third kappa shape index (κ3) is 3.32. The van der Waals surface area contributed by atoms with Crippen molar-refractivity contribution in [2.45, 2.75) is 45.1 Å². The summed E-state index contributed by atoms with van der Waals surface area (Å²) >= 11 is 2.11. The van der Waals surface area contributed by atoms with Gasteiger partial charge in [-0.3, -0.25) is 0 Å². The molecule has 2 fully saturated rings. The first-order chi connectivity index (χ1) is 6.29. The number of rotatable bonds is 3. The van der Waals surface area contributed by atoms with E-state index in [0.717, 1.165) is 6.04 Å². The van der Waals surface area contributed by atoms with Crippen molar-refractivity contribution in [1.29, 1.82) is 0 Å². The Morgan fingerprint density at radius 1 is 1.29 bits per heavy atom. The lowest BCUT2D eigenvalue weighted by Gasteiger charge is -2.40. The molecule has 1 N–H and O–H groups in total. The van der Waals surface area contributed by atoms with Gasteiger partial charge in [-0.25, -0.2) is 0 Å². The fourth-order valence-corrected chi connectivity index (χ4v) is 3.36. The minimum Gasteiger partial charge on any atom is -0.313 e. The molecule has 1 heterocycles. The van der Waals surface area contributed by atoms with Crippen LogP contribution in [0, 0.1) is 5.41 Å². The van der Waals surface area contributed by atoms with Gasteiger partial charge in [0.1, 0.15) is 0 Å². The van der Waals surface area contributed by atoms with Gasteiger partial charge < -0.3 is 5.32 Å². The molecule has 0 amide bonds. The number of thioether (sulfide) groups is 1. The Balaban J connectivity index is 0.000000980. The van der Waals surface area contributed by atoms with Crippen molar-refractivity contribution in [2.75, 3.05) is 18.1 Å². The molecule has 1 aliphatic heterocycles. The molecule has 14 heavy (non-hydrogen) atoms. The highest BCUT2D eigenvalue weighted by atomic mass is 35.5. The number of halogens is 1. The van der Waals surface area contributed by atoms with Crippen LogP contribution >= 0.6 is 24.2 Å². The maximum atomic E-state index is 3.75. The zero-order chi connectivity index (χ0) is 9.15. The van der Waals surface area contributed by atoms with E-state index in [4.69, 9.17) is 0 Å². The van der Waals surface area contributed by atoms with Crippen molar-refractivity contribution in [2.24, 2.45) is 5.41 Å². The molecular formula is C11H22ClNS. The largest absolute Gasteiger partial charge is 0.313 e. The molecule has 0 spiro atoms. The third-order valence-corrected chi connectivity index (χ3v) is 4.65. The van der Waals surface area contributed by atoms with Gasteiger partial charge in [-0.1, -0.05) is 13.3 Å². The molecule has 2 rings (SSSR count). The van der Waals surface area contributed by atoms with E-state index in [9.17, 15) is 0 Å². The van der Waals surface area contributed by atoms with Crippen LogP contribution in [0.15, 0.2) is 0 Å². The number of nitrogens with one attached hydrogen (secondary N) is 1. The Labute approximate surface area is 98.2 Å². The van der Waals surface area contributed by atoms with Crippen LogP contribution in [0.4, 0.5) is 0 Å². The van der Waals surface area contributed by atoms with E-state index in [-0.39, 0.29) is 12.4 Å². The zero-order valence-electron chi connectivity index (χ0n) is 9.05. The second-order valence-electron chi connectivity index (χ2n) is 4.93. The maximum Gasteiger partial charge on any atom is 0.00830 e. The fourth-order valence-electron chi connectivity index (χ4n) is 2.25. The molecule has 0 aromatic carbocycles. The minimum absolute atomic E-state index is 0. The average molecular weight is 236 g/mol. The van der Waals surface area contributed by atoms with Crippen molar-refractivity contribution in [3.8, 4) is 0 Å². The van der Waals surface area contributed by atoms with Crippen LogP contribution in [-0.2, 0) is 0 Å². The van der Waals surface area contributed by atoms with Crippen LogP contribution in [-0.4, -0.2) is 24.1 Å². The summed E-state index contributed by atoms with van der Waals surface area (Å²) in [7, 11) is 0. The molecule has 1 saturated heterocycles. The number of hydrogen-bond acceptors (Lipinski definition) is 2. The lowest BCUT2D eigenvalue weighted by molar-refractivity contribution is 0.149. The summed E-state index contributed by atoms with van der Waals surface area (Å²) < 4.78 is 0. The fraction of sp³-hybridized carbons (Fsp3) is 1.00. The van der Waals surface area contributed by atoms with Crippen LogP contribution in [0.25, 0.3) is 0 Å². The molecule has 0 atom stereocenters. The molecule has 0 bridgehead atoms. The standard InChI is InChI=1S/C11H21NS.ClH/c1-11(5-2-6-11)9-12-10-3-7-13-8-4-10;/h10,12H,2-9H2,1H3;1H. The van der Waals surface area contributed by atoms with Crippen LogP contribution in [0.5, 0.6) is 0 Å². The molecular weight excluding hydrogens is 214 g/mol. The molecule has 0 aromatic heterocycles. The highest BCUT2D eigenvalue weighted by molar-refractivity contribution is 7.99. The Morgan fingerprint density at radius 3 is 2.43 bits per heavy atom. The highest BCUT2D eigenvalue weighted by Gasteiger charge is 2.31. The smallest absolute Gasteiger partial charge is 0.00830 e. The summed E-state index contributed by atoms with van der Waals surface area (Å²) in [5.41, 5.74) is 0.657. The summed E-state index contributed by atoms with van der Waals surface area (Å²) in [6, 6.07) is 0.832. The molecule has 1 aliphatic carbocycles. The van der Waals surface area contributed by atoms with E-state index in [2.05, 4.69) is 24.0 Å². The zero-order valence-corrected chi connectivity index (χ0v) is 10.7. The summed E-state index contributed by atoms with van der Waals surface area (Å²) in [6.45, 7) is 3.70. The Morgan fingerprint density at radius 2 is 1.93 bits per heavy atom. The molecule has 84 valence electrons. The van der Waals surface area contributed by atoms with Crippen molar-refractivity contribution < 1.29 is 0 Å².